The van der Waals surface area contributed by atoms with Crippen LogP contribution < -0.4 is 0 Å². The summed E-state index contributed by atoms with van der Waals surface area (Å²) in [4.78, 5) is 0. The van der Waals surface area contributed by atoms with E-state index in [1.807, 2.05) is 54.6 Å². The molecule has 0 unspecified atom stereocenters. The monoisotopic (exact) mass is 708 g/mol. The minimum atomic E-state index is -0.591. The van der Waals surface area contributed by atoms with Crippen molar-refractivity contribution in [2.45, 2.75) is 0 Å². The van der Waals surface area contributed by atoms with Gasteiger partial charge in [-0.15, -0.1) is 0 Å². The lowest BCUT2D eigenvalue weighted by Gasteiger charge is -2.18. The number of fused-ring (bicyclic) bond motifs is 7. The van der Waals surface area contributed by atoms with Crippen molar-refractivity contribution in [2.75, 3.05) is 0 Å². The molecule has 0 aliphatic rings. The third-order valence-corrected chi connectivity index (χ3v) is 11.2. The first kappa shape index (κ1) is 31.4. The molecule has 0 aliphatic carbocycles. The van der Waals surface area contributed by atoms with Gasteiger partial charge >= 0.3 is 0 Å². The summed E-state index contributed by atoms with van der Waals surface area (Å²) in [6.07, 6.45) is 0. The second kappa shape index (κ2) is 12.2. The molecular formula is C52H30F2O. The standard InChI is InChI=1S/C52H30F2O/c53-43-28-14-29-44(54)51(43)50-38-23-10-8-21-36(38)48(37-22-9-11-24-39(37)50)41-26-12-27-42-49-40(25-13-30-45(49)55-52(41)42)47-34-19-6-4-17-32(34)46(31-15-2-1-3-16-31)33-18-5-7-20-35(33)47/h1-30H. The van der Waals surface area contributed by atoms with Gasteiger partial charge in [-0.05, 0) is 83.5 Å². The highest BCUT2D eigenvalue weighted by Gasteiger charge is 2.25. The highest BCUT2D eigenvalue weighted by atomic mass is 19.1. The Labute approximate surface area is 315 Å². The van der Waals surface area contributed by atoms with Crippen molar-refractivity contribution in [3.05, 3.63) is 194 Å². The number of halogens is 2. The summed E-state index contributed by atoms with van der Waals surface area (Å²) in [6.45, 7) is 0. The van der Waals surface area contributed by atoms with Crippen molar-refractivity contribution >= 4 is 65.0 Å². The molecule has 0 N–H and O–H groups in total. The lowest BCUT2D eigenvalue weighted by Crippen LogP contribution is -1.95. The van der Waals surface area contributed by atoms with E-state index in [2.05, 4.69) is 109 Å². The summed E-state index contributed by atoms with van der Waals surface area (Å²) in [5, 5.41) is 10.1. The Hall–Kier alpha value is -7.10. The van der Waals surface area contributed by atoms with Crippen LogP contribution in [-0.4, -0.2) is 0 Å². The van der Waals surface area contributed by atoms with Gasteiger partial charge in [-0.25, -0.2) is 8.78 Å². The van der Waals surface area contributed by atoms with E-state index in [0.29, 0.717) is 5.56 Å². The predicted octanol–water partition coefficient (Wildman–Crippen LogP) is 15.1. The molecule has 1 nitrogen and oxygen atoms in total. The quantitative estimate of drug-likeness (QED) is 0.166. The third-order valence-electron chi connectivity index (χ3n) is 11.2. The van der Waals surface area contributed by atoms with E-state index in [-0.39, 0.29) is 5.56 Å². The normalized spacial score (nSPS) is 11.8. The molecule has 10 aromatic carbocycles. The molecule has 258 valence electrons. The second-order valence-corrected chi connectivity index (χ2v) is 14.1. The molecule has 1 aromatic heterocycles. The minimum absolute atomic E-state index is 0.0224. The summed E-state index contributed by atoms with van der Waals surface area (Å²) >= 11 is 0. The lowest BCUT2D eigenvalue weighted by atomic mass is 9.84. The van der Waals surface area contributed by atoms with E-state index in [1.54, 1.807) is 0 Å². The molecule has 0 saturated heterocycles. The zero-order chi connectivity index (χ0) is 36.6. The van der Waals surface area contributed by atoms with Crippen LogP contribution in [0.2, 0.25) is 0 Å². The maximum absolute atomic E-state index is 15.6. The van der Waals surface area contributed by atoms with Gasteiger partial charge in [-0.2, -0.15) is 0 Å². The van der Waals surface area contributed by atoms with Crippen molar-refractivity contribution in [2.24, 2.45) is 0 Å². The van der Waals surface area contributed by atoms with E-state index in [9.17, 15) is 0 Å². The lowest BCUT2D eigenvalue weighted by molar-refractivity contribution is 0.590. The Balaban J connectivity index is 1.24. The van der Waals surface area contributed by atoms with Gasteiger partial charge in [0.1, 0.15) is 22.8 Å². The number of para-hydroxylation sites is 1. The topological polar surface area (TPSA) is 13.1 Å². The molecule has 0 bridgehead atoms. The first-order valence-corrected chi connectivity index (χ1v) is 18.5. The first-order chi connectivity index (χ1) is 27.2. The fourth-order valence-corrected chi connectivity index (χ4v) is 9.01. The average Bonchev–Trinajstić information content (AvgIpc) is 3.62. The summed E-state index contributed by atoms with van der Waals surface area (Å²) in [7, 11) is 0. The molecule has 0 atom stereocenters. The Kier molecular flexibility index (Phi) is 6.99. The van der Waals surface area contributed by atoms with E-state index < -0.39 is 11.6 Å². The van der Waals surface area contributed by atoms with Crippen LogP contribution in [-0.2, 0) is 0 Å². The molecule has 0 amide bonds. The molecule has 0 saturated carbocycles. The zero-order valence-electron chi connectivity index (χ0n) is 29.5. The van der Waals surface area contributed by atoms with Crippen molar-refractivity contribution in [3.63, 3.8) is 0 Å². The highest BCUT2D eigenvalue weighted by molar-refractivity contribution is 6.28. The number of hydrogen-bond donors (Lipinski definition) is 0. The van der Waals surface area contributed by atoms with Crippen LogP contribution in [0.15, 0.2) is 186 Å². The van der Waals surface area contributed by atoms with Crippen LogP contribution in [0, 0.1) is 11.6 Å². The van der Waals surface area contributed by atoms with Crippen LogP contribution in [0.5, 0.6) is 0 Å². The SMILES string of the molecule is Fc1cccc(F)c1-c1c2ccccc2c(-c2cccc3c2oc2cccc(-c4c5ccccc5c(-c5ccccc5)c5ccccc45)c23)c2ccccc12. The smallest absolute Gasteiger partial charge is 0.143 e. The molecule has 0 radical (unpaired) electrons. The molecule has 3 heteroatoms. The van der Waals surface area contributed by atoms with Gasteiger partial charge < -0.3 is 4.42 Å². The van der Waals surface area contributed by atoms with E-state index in [4.69, 9.17) is 4.42 Å². The van der Waals surface area contributed by atoms with Gasteiger partial charge in [-0.1, -0.05) is 164 Å². The maximum Gasteiger partial charge on any atom is 0.143 e. The second-order valence-electron chi connectivity index (χ2n) is 14.1. The summed E-state index contributed by atoms with van der Waals surface area (Å²) in [5.74, 6) is -1.18. The van der Waals surface area contributed by atoms with Crippen LogP contribution in [0.3, 0.4) is 0 Å². The molecule has 11 aromatic rings. The highest BCUT2D eigenvalue weighted by Crippen LogP contribution is 2.50. The Morgan fingerprint density at radius 3 is 1.24 bits per heavy atom. The summed E-state index contributed by atoms with van der Waals surface area (Å²) < 4.78 is 38.1. The van der Waals surface area contributed by atoms with E-state index in [1.165, 1.54) is 50.9 Å². The molecule has 0 fully saturated rings. The maximum atomic E-state index is 15.6. The van der Waals surface area contributed by atoms with Crippen LogP contribution >= 0.6 is 0 Å². The molecule has 0 aliphatic heterocycles. The number of rotatable bonds is 4. The zero-order valence-corrected chi connectivity index (χ0v) is 29.5. The van der Waals surface area contributed by atoms with Gasteiger partial charge in [0.15, 0.2) is 0 Å². The Morgan fingerprint density at radius 2 is 0.691 bits per heavy atom. The van der Waals surface area contributed by atoms with Crippen LogP contribution in [0.4, 0.5) is 8.78 Å². The number of benzene rings is 10. The van der Waals surface area contributed by atoms with Crippen LogP contribution in [0.25, 0.3) is 110 Å². The summed E-state index contributed by atoms with van der Waals surface area (Å²) in [5.41, 5.74) is 8.62. The average molecular weight is 709 g/mol. The van der Waals surface area contributed by atoms with Gasteiger partial charge in [-0.3, -0.25) is 0 Å². The van der Waals surface area contributed by atoms with Gasteiger partial charge in [0.05, 0.1) is 5.56 Å². The van der Waals surface area contributed by atoms with Gasteiger partial charge in [0.2, 0.25) is 0 Å². The Bertz CT molecular complexity index is 3210. The fraction of sp³-hybridized carbons (Fsp3) is 0. The number of furan rings is 1. The number of hydrogen-bond acceptors (Lipinski definition) is 1. The molecule has 0 spiro atoms. The molecule has 1 heterocycles. The summed E-state index contributed by atoms with van der Waals surface area (Å²) in [6, 6.07) is 60.6. The van der Waals surface area contributed by atoms with Crippen molar-refractivity contribution in [1.82, 2.24) is 0 Å². The van der Waals surface area contributed by atoms with Crippen molar-refractivity contribution in [3.8, 4) is 44.5 Å². The molecule has 11 rings (SSSR count). The minimum Gasteiger partial charge on any atom is -0.455 e. The predicted molar refractivity (Wildman–Crippen MR) is 225 cm³/mol. The molecule has 55 heavy (non-hydrogen) atoms. The van der Waals surface area contributed by atoms with Crippen molar-refractivity contribution < 1.29 is 13.2 Å². The Morgan fingerprint density at radius 1 is 0.291 bits per heavy atom. The molecular weight excluding hydrogens is 679 g/mol. The fourth-order valence-electron chi connectivity index (χ4n) is 9.01. The van der Waals surface area contributed by atoms with Crippen LogP contribution in [0.1, 0.15) is 0 Å². The first-order valence-electron chi connectivity index (χ1n) is 18.5. The van der Waals surface area contributed by atoms with E-state index >= 15 is 8.78 Å². The van der Waals surface area contributed by atoms with Gasteiger partial charge in [0.25, 0.3) is 0 Å². The third kappa shape index (κ3) is 4.63. The van der Waals surface area contributed by atoms with E-state index in [0.717, 1.165) is 65.7 Å². The van der Waals surface area contributed by atoms with Crippen molar-refractivity contribution in [1.29, 1.82) is 0 Å². The van der Waals surface area contributed by atoms with Gasteiger partial charge in [0, 0.05) is 27.5 Å². The largest absolute Gasteiger partial charge is 0.455 e.